The molecule has 1 aliphatic heterocycles. The van der Waals surface area contributed by atoms with E-state index in [4.69, 9.17) is 4.74 Å². The maximum atomic E-state index is 11.9. The van der Waals surface area contributed by atoms with E-state index >= 15 is 0 Å². The van der Waals surface area contributed by atoms with E-state index in [9.17, 15) is 9.59 Å². The van der Waals surface area contributed by atoms with Crippen LogP contribution in [0.4, 0.5) is 0 Å². The van der Waals surface area contributed by atoms with Gasteiger partial charge < -0.3 is 9.64 Å². The van der Waals surface area contributed by atoms with Gasteiger partial charge in [0.1, 0.15) is 6.04 Å². The molecule has 17 heavy (non-hydrogen) atoms. The van der Waals surface area contributed by atoms with Crippen molar-refractivity contribution in [3.05, 3.63) is 24.3 Å². The summed E-state index contributed by atoms with van der Waals surface area (Å²) in [6.45, 7) is 2.51. The first-order chi connectivity index (χ1) is 8.20. The fourth-order valence-corrected chi connectivity index (χ4v) is 1.92. The summed E-state index contributed by atoms with van der Waals surface area (Å²) in [4.78, 5) is 25.1. The van der Waals surface area contributed by atoms with Gasteiger partial charge in [-0.15, -0.1) is 0 Å². The third-order valence-electron chi connectivity index (χ3n) is 2.80. The lowest BCUT2D eigenvalue weighted by atomic mass is 10.0. The van der Waals surface area contributed by atoms with Crippen LogP contribution in [0.3, 0.4) is 0 Å². The molecular weight excluding hydrogens is 218 g/mol. The van der Waals surface area contributed by atoms with Crippen LogP contribution in [0.5, 0.6) is 0 Å². The second kappa shape index (κ2) is 6.89. The monoisotopic (exact) mass is 237 g/mol. The first-order valence-corrected chi connectivity index (χ1v) is 5.88. The van der Waals surface area contributed by atoms with Gasteiger partial charge in [0.2, 0.25) is 5.91 Å². The van der Waals surface area contributed by atoms with Crippen molar-refractivity contribution in [1.82, 2.24) is 4.90 Å². The topological polar surface area (TPSA) is 46.6 Å². The lowest BCUT2D eigenvalue weighted by molar-refractivity contribution is -0.153. The summed E-state index contributed by atoms with van der Waals surface area (Å²) in [5.41, 5.74) is 0. The second-order valence-electron chi connectivity index (χ2n) is 3.95. The van der Waals surface area contributed by atoms with Crippen LogP contribution < -0.4 is 0 Å². The predicted molar refractivity (Wildman–Crippen MR) is 65.3 cm³/mol. The van der Waals surface area contributed by atoms with Crippen molar-refractivity contribution in [3.63, 3.8) is 0 Å². The van der Waals surface area contributed by atoms with Crippen LogP contribution in [0.2, 0.25) is 0 Å². The quantitative estimate of drug-likeness (QED) is 0.426. The van der Waals surface area contributed by atoms with Gasteiger partial charge in [0, 0.05) is 12.6 Å². The smallest absolute Gasteiger partial charge is 0.328 e. The number of amides is 1. The van der Waals surface area contributed by atoms with Crippen molar-refractivity contribution in [1.29, 1.82) is 0 Å². The zero-order chi connectivity index (χ0) is 12.7. The van der Waals surface area contributed by atoms with E-state index in [1.165, 1.54) is 13.2 Å². The lowest BCUT2D eigenvalue weighted by Crippen LogP contribution is -2.47. The number of methoxy groups -OCH3 is 1. The SMILES string of the molecule is CC=C/C=C/C(=O)N1CCCCC1C(=O)OC. The first-order valence-electron chi connectivity index (χ1n) is 5.88. The number of rotatable bonds is 3. The van der Waals surface area contributed by atoms with E-state index in [-0.39, 0.29) is 11.9 Å². The van der Waals surface area contributed by atoms with Gasteiger partial charge in [0.25, 0.3) is 0 Å². The second-order valence-corrected chi connectivity index (χ2v) is 3.95. The molecule has 94 valence electrons. The first kappa shape index (κ1) is 13.5. The molecule has 1 aliphatic rings. The van der Waals surface area contributed by atoms with Crippen molar-refractivity contribution in [2.24, 2.45) is 0 Å². The molecule has 0 spiro atoms. The summed E-state index contributed by atoms with van der Waals surface area (Å²) in [5.74, 6) is -0.448. The molecule has 1 atom stereocenters. The number of ether oxygens (including phenoxy) is 1. The Balaban J connectivity index is 2.70. The van der Waals surface area contributed by atoms with Gasteiger partial charge in [-0.2, -0.15) is 0 Å². The third-order valence-corrected chi connectivity index (χ3v) is 2.80. The molecule has 0 aromatic heterocycles. The van der Waals surface area contributed by atoms with Crippen LogP contribution in [-0.2, 0) is 14.3 Å². The predicted octanol–water partition coefficient (Wildman–Crippen LogP) is 1.67. The van der Waals surface area contributed by atoms with E-state index < -0.39 is 6.04 Å². The zero-order valence-electron chi connectivity index (χ0n) is 10.4. The van der Waals surface area contributed by atoms with E-state index in [1.54, 1.807) is 17.1 Å². The minimum atomic E-state index is -0.420. The van der Waals surface area contributed by atoms with Crippen LogP contribution in [0.15, 0.2) is 24.3 Å². The highest BCUT2D eigenvalue weighted by molar-refractivity contribution is 5.91. The molecule has 0 radical (unpaired) electrons. The number of hydrogen-bond donors (Lipinski definition) is 0. The van der Waals surface area contributed by atoms with E-state index in [1.807, 2.05) is 13.0 Å². The molecule has 0 aromatic carbocycles. The molecule has 0 saturated carbocycles. The highest BCUT2D eigenvalue weighted by Crippen LogP contribution is 2.18. The third kappa shape index (κ3) is 3.73. The Morgan fingerprint density at radius 2 is 2.06 bits per heavy atom. The molecule has 0 bridgehead atoms. The fraction of sp³-hybridized carbons (Fsp3) is 0.538. The molecule has 1 fully saturated rings. The summed E-state index contributed by atoms with van der Waals surface area (Å²) >= 11 is 0. The standard InChI is InChI=1S/C13H19NO3/c1-3-4-5-9-12(15)14-10-7-6-8-11(14)13(16)17-2/h3-5,9,11H,6-8,10H2,1-2H3/b4-3?,9-5+. The minimum Gasteiger partial charge on any atom is -0.467 e. The van der Waals surface area contributed by atoms with Crippen molar-refractivity contribution < 1.29 is 14.3 Å². The molecule has 1 rings (SSSR count). The Morgan fingerprint density at radius 3 is 2.71 bits per heavy atom. The highest BCUT2D eigenvalue weighted by atomic mass is 16.5. The van der Waals surface area contributed by atoms with E-state index in [0.29, 0.717) is 13.0 Å². The molecule has 0 aliphatic carbocycles. The molecular formula is C13H19NO3. The Kier molecular flexibility index (Phi) is 5.46. The fourth-order valence-electron chi connectivity index (χ4n) is 1.92. The summed E-state index contributed by atoms with van der Waals surface area (Å²) < 4.78 is 4.72. The number of nitrogens with zero attached hydrogens (tertiary/aromatic N) is 1. The number of hydrogen-bond acceptors (Lipinski definition) is 3. The molecule has 4 heteroatoms. The Morgan fingerprint density at radius 1 is 1.29 bits per heavy atom. The summed E-state index contributed by atoms with van der Waals surface area (Å²) in [5, 5.41) is 0. The minimum absolute atomic E-state index is 0.127. The van der Waals surface area contributed by atoms with Gasteiger partial charge in [-0.25, -0.2) is 4.79 Å². The Bertz CT molecular complexity index is 334. The van der Waals surface area contributed by atoms with Gasteiger partial charge in [0.05, 0.1) is 7.11 Å². The highest BCUT2D eigenvalue weighted by Gasteiger charge is 2.31. The van der Waals surface area contributed by atoms with Crippen molar-refractivity contribution in [3.8, 4) is 0 Å². The number of carbonyl (C=O) groups is 2. The Hall–Kier alpha value is -1.58. The molecule has 0 aromatic rings. The van der Waals surface area contributed by atoms with E-state index in [2.05, 4.69) is 0 Å². The Labute approximate surface area is 102 Å². The summed E-state index contributed by atoms with van der Waals surface area (Å²) in [6, 6.07) is -0.420. The van der Waals surface area contributed by atoms with Gasteiger partial charge in [-0.05, 0) is 26.2 Å². The van der Waals surface area contributed by atoms with Crippen LogP contribution in [0.1, 0.15) is 26.2 Å². The average molecular weight is 237 g/mol. The maximum Gasteiger partial charge on any atom is 0.328 e. The number of carbonyl (C=O) groups excluding carboxylic acids is 2. The van der Waals surface area contributed by atoms with Crippen molar-refractivity contribution in [2.75, 3.05) is 13.7 Å². The van der Waals surface area contributed by atoms with Gasteiger partial charge >= 0.3 is 5.97 Å². The van der Waals surface area contributed by atoms with Crippen molar-refractivity contribution >= 4 is 11.9 Å². The number of esters is 1. The molecule has 1 unspecified atom stereocenters. The number of allylic oxidation sites excluding steroid dienone is 3. The summed E-state index contributed by atoms with van der Waals surface area (Å²) in [7, 11) is 1.36. The van der Waals surface area contributed by atoms with Crippen LogP contribution >= 0.6 is 0 Å². The largest absolute Gasteiger partial charge is 0.467 e. The van der Waals surface area contributed by atoms with E-state index in [0.717, 1.165) is 12.8 Å². The number of piperidine rings is 1. The molecule has 1 heterocycles. The molecule has 1 amide bonds. The van der Waals surface area contributed by atoms with Crippen LogP contribution in [-0.4, -0.2) is 36.5 Å². The average Bonchev–Trinajstić information content (AvgIpc) is 2.38. The molecule has 1 saturated heterocycles. The molecule has 0 N–H and O–H groups in total. The van der Waals surface area contributed by atoms with Gasteiger partial charge in [-0.3, -0.25) is 4.79 Å². The summed E-state index contributed by atoms with van der Waals surface area (Å²) in [6.07, 6.45) is 9.40. The zero-order valence-corrected chi connectivity index (χ0v) is 10.4. The van der Waals surface area contributed by atoms with Gasteiger partial charge in [0.15, 0.2) is 0 Å². The van der Waals surface area contributed by atoms with Crippen LogP contribution in [0.25, 0.3) is 0 Å². The maximum absolute atomic E-state index is 11.9. The normalized spacial score (nSPS) is 21.1. The lowest BCUT2D eigenvalue weighted by Gasteiger charge is -2.32. The molecule has 4 nitrogen and oxygen atoms in total. The van der Waals surface area contributed by atoms with Crippen LogP contribution in [0, 0.1) is 0 Å². The number of likely N-dealkylation sites (tertiary alicyclic amines) is 1. The van der Waals surface area contributed by atoms with Crippen molar-refractivity contribution in [2.45, 2.75) is 32.2 Å². The van der Waals surface area contributed by atoms with Gasteiger partial charge in [-0.1, -0.05) is 18.2 Å².